The summed E-state index contributed by atoms with van der Waals surface area (Å²) in [5.41, 5.74) is 5.05. The standard InChI is InChI=1S/C24H33N3O2S/c1-2-9-20-17-14-15-18(16-17)23(20)21(12-7-4-8-13-22(28)29)26-27-24(30)25-19-10-5-3-6-11-19/h3,5-7,10-12,17-18,20,23H,2,4,8-9,13-16H2,1H3,(H,28,29)(H2,25,27,30)/b12-7-,26-21?. The number of carbonyl (C=O) groups is 1. The summed E-state index contributed by atoms with van der Waals surface area (Å²) in [6.45, 7) is 2.26. The Morgan fingerprint density at radius 3 is 2.77 bits per heavy atom. The zero-order chi connectivity index (χ0) is 21.3. The number of rotatable bonds is 10. The van der Waals surface area contributed by atoms with Crippen LogP contribution < -0.4 is 10.7 Å². The van der Waals surface area contributed by atoms with Gasteiger partial charge in [0, 0.05) is 18.0 Å². The van der Waals surface area contributed by atoms with E-state index in [0.29, 0.717) is 29.3 Å². The third-order valence-corrected chi connectivity index (χ3v) is 6.61. The average Bonchev–Trinajstić information content (AvgIpc) is 3.33. The normalized spacial score (nSPS) is 25.6. The van der Waals surface area contributed by atoms with Crippen molar-refractivity contribution in [3.63, 3.8) is 0 Å². The summed E-state index contributed by atoms with van der Waals surface area (Å²) in [4.78, 5) is 10.8. The van der Waals surface area contributed by atoms with E-state index >= 15 is 0 Å². The lowest BCUT2D eigenvalue weighted by atomic mass is 9.74. The number of carboxylic acids is 1. The van der Waals surface area contributed by atoms with Crippen LogP contribution in [0.5, 0.6) is 0 Å². The van der Waals surface area contributed by atoms with Crippen LogP contribution in [0.25, 0.3) is 0 Å². The molecule has 0 heterocycles. The number of hydrazone groups is 1. The second kappa shape index (κ2) is 11.3. The number of para-hydroxylation sites is 1. The van der Waals surface area contributed by atoms with Crippen LogP contribution in [0.4, 0.5) is 5.69 Å². The Kier molecular flexibility index (Phi) is 8.43. The third kappa shape index (κ3) is 6.14. The van der Waals surface area contributed by atoms with Crippen molar-refractivity contribution in [3.05, 3.63) is 42.5 Å². The number of hydrogen-bond acceptors (Lipinski definition) is 3. The first-order valence-electron chi connectivity index (χ1n) is 11.2. The maximum absolute atomic E-state index is 10.8. The van der Waals surface area contributed by atoms with Crippen molar-refractivity contribution >= 4 is 34.7 Å². The smallest absolute Gasteiger partial charge is 0.303 e. The number of anilines is 1. The second-order valence-corrected chi connectivity index (χ2v) is 8.88. The molecule has 2 fully saturated rings. The zero-order valence-corrected chi connectivity index (χ0v) is 18.5. The van der Waals surface area contributed by atoms with Crippen LogP contribution in [-0.4, -0.2) is 21.9 Å². The Labute approximate surface area is 185 Å². The van der Waals surface area contributed by atoms with E-state index in [2.05, 4.69) is 29.8 Å². The number of nitrogens with one attached hydrogen (secondary N) is 2. The molecular formula is C24H33N3O2S. The van der Waals surface area contributed by atoms with Gasteiger partial charge in [0.05, 0.1) is 5.71 Å². The Bertz CT molecular complexity index is 778. The summed E-state index contributed by atoms with van der Waals surface area (Å²) in [6.07, 6.45) is 12.2. The van der Waals surface area contributed by atoms with Crippen LogP contribution in [0.1, 0.15) is 58.3 Å². The van der Waals surface area contributed by atoms with Crippen LogP contribution in [0.3, 0.4) is 0 Å². The van der Waals surface area contributed by atoms with Crippen molar-refractivity contribution in [1.29, 1.82) is 0 Å². The molecule has 2 bridgehead atoms. The molecule has 4 atom stereocenters. The van der Waals surface area contributed by atoms with Gasteiger partial charge in [-0.2, -0.15) is 5.10 Å². The van der Waals surface area contributed by atoms with Crippen LogP contribution in [-0.2, 0) is 4.79 Å². The maximum atomic E-state index is 10.8. The molecule has 162 valence electrons. The van der Waals surface area contributed by atoms with Crippen LogP contribution in [0.2, 0.25) is 0 Å². The lowest BCUT2D eigenvalue weighted by molar-refractivity contribution is -0.137. The predicted molar refractivity (Wildman–Crippen MR) is 127 cm³/mol. The van der Waals surface area contributed by atoms with Crippen molar-refractivity contribution in [2.75, 3.05) is 5.32 Å². The molecule has 4 unspecified atom stereocenters. The average molecular weight is 428 g/mol. The first-order valence-corrected chi connectivity index (χ1v) is 11.6. The van der Waals surface area contributed by atoms with Crippen LogP contribution in [0, 0.1) is 23.7 Å². The van der Waals surface area contributed by atoms with Gasteiger partial charge < -0.3 is 10.4 Å². The molecule has 2 aliphatic rings. The van der Waals surface area contributed by atoms with E-state index in [4.69, 9.17) is 22.4 Å². The number of allylic oxidation sites excluding steroid dienone is 2. The third-order valence-electron chi connectivity index (χ3n) is 6.42. The van der Waals surface area contributed by atoms with E-state index < -0.39 is 5.97 Å². The summed E-state index contributed by atoms with van der Waals surface area (Å²) in [6, 6.07) is 9.83. The van der Waals surface area contributed by atoms with Crippen molar-refractivity contribution in [2.24, 2.45) is 28.8 Å². The molecule has 0 amide bonds. The lowest BCUT2D eigenvalue weighted by Gasteiger charge is -2.31. The van der Waals surface area contributed by atoms with Crippen molar-refractivity contribution in [2.45, 2.75) is 58.3 Å². The summed E-state index contributed by atoms with van der Waals surface area (Å²) >= 11 is 5.44. The number of fused-ring (bicyclic) bond motifs is 2. The number of aliphatic carboxylic acids is 1. The van der Waals surface area contributed by atoms with Gasteiger partial charge in [-0.1, -0.05) is 37.6 Å². The Balaban J connectivity index is 1.70. The van der Waals surface area contributed by atoms with Gasteiger partial charge in [0.25, 0.3) is 0 Å². The van der Waals surface area contributed by atoms with Gasteiger partial charge in [-0.05, 0) is 86.7 Å². The molecular weight excluding hydrogens is 394 g/mol. The van der Waals surface area contributed by atoms with Crippen molar-refractivity contribution in [3.8, 4) is 0 Å². The highest BCUT2D eigenvalue weighted by Crippen LogP contribution is 2.54. The molecule has 1 aromatic rings. The van der Waals surface area contributed by atoms with E-state index in [1.807, 2.05) is 30.3 Å². The molecule has 6 heteroatoms. The number of carboxylic acid groups (broad SMARTS) is 1. The van der Waals surface area contributed by atoms with E-state index in [1.165, 1.54) is 32.1 Å². The lowest BCUT2D eigenvalue weighted by Crippen LogP contribution is -2.32. The fourth-order valence-corrected chi connectivity index (χ4v) is 5.38. The van der Waals surface area contributed by atoms with Gasteiger partial charge in [0.2, 0.25) is 0 Å². The molecule has 0 aliphatic heterocycles. The van der Waals surface area contributed by atoms with Gasteiger partial charge in [-0.15, -0.1) is 0 Å². The molecule has 1 aromatic carbocycles. The van der Waals surface area contributed by atoms with Gasteiger partial charge in [0.1, 0.15) is 0 Å². The quantitative estimate of drug-likeness (QED) is 0.196. The molecule has 2 aliphatic carbocycles. The Morgan fingerprint density at radius 1 is 1.27 bits per heavy atom. The van der Waals surface area contributed by atoms with Crippen LogP contribution in [0.15, 0.2) is 47.6 Å². The topological polar surface area (TPSA) is 73.7 Å². The predicted octanol–water partition coefficient (Wildman–Crippen LogP) is 5.60. The van der Waals surface area contributed by atoms with Crippen molar-refractivity contribution < 1.29 is 9.90 Å². The number of hydrogen-bond donors (Lipinski definition) is 3. The van der Waals surface area contributed by atoms with Gasteiger partial charge in [0.15, 0.2) is 5.11 Å². The first kappa shape index (κ1) is 22.5. The largest absolute Gasteiger partial charge is 0.481 e. The monoisotopic (exact) mass is 427 g/mol. The number of benzene rings is 1. The molecule has 0 spiro atoms. The highest BCUT2D eigenvalue weighted by atomic mass is 32.1. The SMILES string of the molecule is CCCC1C2CCC(C2)C1C(/C=C\CCCC(=O)O)=NNC(=S)Nc1ccccc1. The Hall–Kier alpha value is -2.21. The minimum atomic E-state index is -0.743. The summed E-state index contributed by atoms with van der Waals surface area (Å²) < 4.78 is 0. The molecule has 5 nitrogen and oxygen atoms in total. The minimum Gasteiger partial charge on any atom is -0.481 e. The molecule has 3 rings (SSSR count). The minimum absolute atomic E-state index is 0.201. The fourth-order valence-electron chi connectivity index (χ4n) is 5.21. The summed E-state index contributed by atoms with van der Waals surface area (Å²) in [5.74, 6) is 1.93. The molecule has 2 saturated carbocycles. The summed E-state index contributed by atoms with van der Waals surface area (Å²) in [5, 5.41) is 17.2. The second-order valence-electron chi connectivity index (χ2n) is 8.47. The first-order chi connectivity index (χ1) is 14.6. The van der Waals surface area contributed by atoms with Crippen molar-refractivity contribution in [1.82, 2.24) is 5.43 Å². The fraction of sp³-hybridized carbons (Fsp3) is 0.542. The molecule has 0 saturated heterocycles. The number of thiocarbonyl (C=S) groups is 1. The molecule has 0 radical (unpaired) electrons. The van der Waals surface area contributed by atoms with Gasteiger partial charge in [-0.25, -0.2) is 0 Å². The van der Waals surface area contributed by atoms with Crippen LogP contribution >= 0.6 is 12.2 Å². The van der Waals surface area contributed by atoms with E-state index in [-0.39, 0.29) is 6.42 Å². The number of unbranched alkanes of at least 4 members (excludes halogenated alkanes) is 1. The van der Waals surface area contributed by atoms with Gasteiger partial charge >= 0.3 is 5.97 Å². The Morgan fingerprint density at radius 2 is 2.03 bits per heavy atom. The van der Waals surface area contributed by atoms with E-state index in [9.17, 15) is 4.79 Å². The van der Waals surface area contributed by atoms with E-state index in [1.54, 1.807) is 0 Å². The molecule has 3 N–H and O–H groups in total. The maximum Gasteiger partial charge on any atom is 0.303 e. The van der Waals surface area contributed by atoms with Gasteiger partial charge in [-0.3, -0.25) is 10.2 Å². The zero-order valence-electron chi connectivity index (χ0n) is 17.7. The highest BCUT2D eigenvalue weighted by molar-refractivity contribution is 7.80. The molecule has 0 aromatic heterocycles. The van der Waals surface area contributed by atoms with E-state index in [0.717, 1.165) is 23.7 Å². The molecule has 30 heavy (non-hydrogen) atoms. The number of nitrogens with zero attached hydrogens (tertiary/aromatic N) is 1. The highest BCUT2D eigenvalue weighted by Gasteiger charge is 2.48. The summed E-state index contributed by atoms with van der Waals surface area (Å²) in [7, 11) is 0.